The highest BCUT2D eigenvalue weighted by Gasteiger charge is 2.40. The van der Waals surface area contributed by atoms with Gasteiger partial charge >= 0.3 is 0 Å². The maximum atomic E-state index is 2.41. The highest BCUT2D eigenvalue weighted by Crippen LogP contribution is 2.52. The zero-order valence-electron chi connectivity index (χ0n) is 15.5. The van der Waals surface area contributed by atoms with Crippen molar-refractivity contribution in [1.29, 1.82) is 0 Å². The van der Waals surface area contributed by atoms with Gasteiger partial charge in [-0.2, -0.15) is 0 Å². The van der Waals surface area contributed by atoms with Crippen molar-refractivity contribution in [2.24, 2.45) is 5.92 Å². The number of rotatable bonds is 8. The summed E-state index contributed by atoms with van der Waals surface area (Å²) in [6.45, 7) is 7.08. The van der Waals surface area contributed by atoms with Crippen LogP contribution in [0.1, 0.15) is 85.0 Å². The molecule has 0 amide bonds. The molecule has 0 aromatic carbocycles. The Labute approximate surface area is 148 Å². The molecule has 2 rings (SSSR count). The van der Waals surface area contributed by atoms with Gasteiger partial charge in [-0.3, -0.25) is 0 Å². The quantitative estimate of drug-likeness (QED) is 0.444. The van der Waals surface area contributed by atoms with Crippen LogP contribution in [-0.4, -0.2) is 10.00 Å². The standard InChI is InChI=1S/C22H36S/c1-4-7-16-22(15-6-3)18-19(12-5-2)17-21(23-22)20-13-10-8-9-11-14-20/h8-11,13,19,21H,4-7,12,14-18H2,1-3H3. The van der Waals surface area contributed by atoms with Crippen molar-refractivity contribution in [3.63, 3.8) is 0 Å². The molecule has 0 spiro atoms. The summed E-state index contributed by atoms with van der Waals surface area (Å²) < 4.78 is 0.550. The molecule has 130 valence electrons. The van der Waals surface area contributed by atoms with Crippen LogP contribution in [0, 0.1) is 5.92 Å². The van der Waals surface area contributed by atoms with Crippen LogP contribution in [0.4, 0.5) is 0 Å². The fourth-order valence-electron chi connectivity index (χ4n) is 4.40. The molecule has 1 fully saturated rings. The molecule has 2 aliphatic rings. The van der Waals surface area contributed by atoms with Crippen molar-refractivity contribution >= 4 is 11.8 Å². The lowest BCUT2D eigenvalue weighted by atomic mass is 9.80. The van der Waals surface area contributed by atoms with Crippen LogP contribution in [0.5, 0.6) is 0 Å². The van der Waals surface area contributed by atoms with Gasteiger partial charge in [0.15, 0.2) is 0 Å². The first-order chi connectivity index (χ1) is 11.2. The Bertz CT molecular complexity index is 431. The number of hydrogen-bond donors (Lipinski definition) is 0. The van der Waals surface area contributed by atoms with Crippen molar-refractivity contribution in [3.05, 3.63) is 36.0 Å². The van der Waals surface area contributed by atoms with Gasteiger partial charge in [-0.25, -0.2) is 0 Å². The highest BCUT2D eigenvalue weighted by atomic mass is 32.2. The lowest BCUT2D eigenvalue weighted by Crippen LogP contribution is -2.37. The van der Waals surface area contributed by atoms with E-state index in [1.165, 1.54) is 57.8 Å². The van der Waals surface area contributed by atoms with Gasteiger partial charge in [-0.15, -0.1) is 11.8 Å². The average molecular weight is 333 g/mol. The molecule has 0 saturated carbocycles. The SMILES string of the molecule is CCCCC1(CCC)CC(CCC)CC(C2=CC=CC=CC2)S1. The van der Waals surface area contributed by atoms with E-state index in [9.17, 15) is 0 Å². The van der Waals surface area contributed by atoms with Gasteiger partial charge in [-0.05, 0) is 38.0 Å². The maximum Gasteiger partial charge on any atom is 0.0270 e. The Kier molecular flexibility index (Phi) is 8.03. The smallest absolute Gasteiger partial charge is 0.0270 e. The predicted molar refractivity (Wildman–Crippen MR) is 107 cm³/mol. The third-order valence-corrected chi connectivity index (χ3v) is 7.28. The fraction of sp³-hybridized carbons (Fsp3) is 0.727. The molecule has 1 heteroatoms. The van der Waals surface area contributed by atoms with Gasteiger partial charge in [0.2, 0.25) is 0 Å². The molecule has 1 aliphatic carbocycles. The van der Waals surface area contributed by atoms with Gasteiger partial charge in [0, 0.05) is 10.00 Å². The van der Waals surface area contributed by atoms with Crippen LogP contribution in [0.3, 0.4) is 0 Å². The second kappa shape index (κ2) is 9.77. The molecule has 23 heavy (non-hydrogen) atoms. The van der Waals surface area contributed by atoms with Crippen LogP contribution in [0.25, 0.3) is 0 Å². The molecule has 1 heterocycles. The normalized spacial score (nSPS) is 31.0. The van der Waals surface area contributed by atoms with Gasteiger partial charge in [0.05, 0.1) is 0 Å². The molecule has 0 N–H and O–H groups in total. The minimum atomic E-state index is 0.550. The van der Waals surface area contributed by atoms with Gasteiger partial charge in [0.1, 0.15) is 0 Å². The lowest BCUT2D eigenvalue weighted by Gasteiger charge is -2.45. The lowest BCUT2D eigenvalue weighted by molar-refractivity contribution is 0.312. The minimum absolute atomic E-state index is 0.550. The Morgan fingerprint density at radius 3 is 2.65 bits per heavy atom. The fourth-order valence-corrected chi connectivity index (χ4v) is 6.61. The molecule has 0 nitrogen and oxygen atoms in total. The second-order valence-electron chi connectivity index (χ2n) is 7.50. The number of hydrogen-bond acceptors (Lipinski definition) is 1. The van der Waals surface area contributed by atoms with E-state index in [0.29, 0.717) is 4.75 Å². The summed E-state index contributed by atoms with van der Waals surface area (Å²) in [4.78, 5) is 0. The number of unbranched alkanes of at least 4 members (excludes halogenated alkanes) is 1. The highest BCUT2D eigenvalue weighted by molar-refractivity contribution is 8.01. The molecule has 0 aromatic rings. The summed E-state index contributed by atoms with van der Waals surface area (Å²) in [7, 11) is 0. The number of thioether (sulfide) groups is 1. The van der Waals surface area contributed by atoms with Gasteiger partial charge in [-0.1, -0.05) is 88.8 Å². The van der Waals surface area contributed by atoms with Crippen molar-refractivity contribution < 1.29 is 0 Å². The topological polar surface area (TPSA) is 0 Å². The third-order valence-electron chi connectivity index (χ3n) is 5.42. The Hall–Kier alpha value is -0.430. The zero-order chi connectivity index (χ0) is 16.5. The van der Waals surface area contributed by atoms with E-state index in [4.69, 9.17) is 0 Å². The second-order valence-corrected chi connectivity index (χ2v) is 9.17. The molecule has 3 atom stereocenters. The van der Waals surface area contributed by atoms with E-state index in [2.05, 4.69) is 62.9 Å². The first kappa shape index (κ1) is 18.9. The molecule has 0 radical (unpaired) electrons. The predicted octanol–water partition coefficient (Wildman–Crippen LogP) is 7.47. The van der Waals surface area contributed by atoms with Gasteiger partial charge in [0.25, 0.3) is 0 Å². The van der Waals surface area contributed by atoms with E-state index in [-0.39, 0.29) is 0 Å². The Morgan fingerprint density at radius 2 is 1.91 bits per heavy atom. The summed E-state index contributed by atoms with van der Waals surface area (Å²) in [5.41, 5.74) is 1.66. The maximum absolute atomic E-state index is 2.41. The minimum Gasteiger partial charge on any atom is -0.147 e. The van der Waals surface area contributed by atoms with Crippen LogP contribution < -0.4 is 0 Å². The van der Waals surface area contributed by atoms with Crippen molar-refractivity contribution in [2.75, 3.05) is 0 Å². The summed E-state index contributed by atoms with van der Waals surface area (Å²) in [5, 5.41) is 0.746. The summed E-state index contributed by atoms with van der Waals surface area (Å²) in [6, 6.07) is 0. The molecule has 1 saturated heterocycles. The van der Waals surface area contributed by atoms with Crippen LogP contribution >= 0.6 is 11.8 Å². The van der Waals surface area contributed by atoms with Crippen LogP contribution in [0.15, 0.2) is 36.0 Å². The summed E-state index contributed by atoms with van der Waals surface area (Å²) >= 11 is 2.35. The molecule has 1 aliphatic heterocycles. The average Bonchev–Trinajstić information content (AvgIpc) is 2.83. The van der Waals surface area contributed by atoms with E-state index < -0.39 is 0 Å². The summed E-state index contributed by atoms with van der Waals surface area (Å²) in [5.74, 6) is 0.937. The van der Waals surface area contributed by atoms with Crippen molar-refractivity contribution in [2.45, 2.75) is 95.0 Å². The van der Waals surface area contributed by atoms with Crippen molar-refractivity contribution in [3.8, 4) is 0 Å². The molecule has 3 unspecified atom stereocenters. The largest absolute Gasteiger partial charge is 0.147 e. The molecular formula is C22H36S. The first-order valence-electron chi connectivity index (χ1n) is 9.93. The Morgan fingerprint density at radius 1 is 1.04 bits per heavy atom. The third kappa shape index (κ3) is 5.55. The number of allylic oxidation sites excluding steroid dienone is 5. The molecule has 0 bridgehead atoms. The Balaban J connectivity index is 2.19. The monoisotopic (exact) mass is 332 g/mol. The van der Waals surface area contributed by atoms with E-state index in [1.807, 2.05) is 0 Å². The summed E-state index contributed by atoms with van der Waals surface area (Å²) in [6.07, 6.45) is 25.1. The van der Waals surface area contributed by atoms with Crippen LogP contribution in [-0.2, 0) is 0 Å². The molecule has 0 aromatic heterocycles. The van der Waals surface area contributed by atoms with E-state index in [0.717, 1.165) is 17.6 Å². The molecular weight excluding hydrogens is 296 g/mol. The van der Waals surface area contributed by atoms with E-state index >= 15 is 0 Å². The van der Waals surface area contributed by atoms with Crippen LogP contribution in [0.2, 0.25) is 0 Å². The van der Waals surface area contributed by atoms with Crippen molar-refractivity contribution in [1.82, 2.24) is 0 Å². The first-order valence-corrected chi connectivity index (χ1v) is 10.8. The van der Waals surface area contributed by atoms with E-state index in [1.54, 1.807) is 5.57 Å². The zero-order valence-corrected chi connectivity index (χ0v) is 16.3. The van der Waals surface area contributed by atoms with Gasteiger partial charge < -0.3 is 0 Å².